The summed E-state index contributed by atoms with van der Waals surface area (Å²) in [6.45, 7) is 1.82. The van der Waals surface area contributed by atoms with Crippen molar-refractivity contribution in [1.82, 2.24) is 15.5 Å². The summed E-state index contributed by atoms with van der Waals surface area (Å²) in [4.78, 5) is 16.5. The lowest BCUT2D eigenvalue weighted by molar-refractivity contribution is -0.122. The zero-order valence-corrected chi connectivity index (χ0v) is 14.7. The van der Waals surface area contributed by atoms with E-state index < -0.39 is 5.66 Å². The second-order valence-corrected chi connectivity index (χ2v) is 6.39. The van der Waals surface area contributed by atoms with Crippen molar-refractivity contribution in [2.24, 2.45) is 10.2 Å². The SMILES string of the molecule is C#CCCC1(CCC(=O)NC(C)c2nc(Cc3ccccc3)no2)N=N1. The van der Waals surface area contributed by atoms with E-state index in [9.17, 15) is 4.79 Å². The summed E-state index contributed by atoms with van der Waals surface area (Å²) < 4.78 is 5.28. The molecule has 1 unspecified atom stereocenters. The minimum Gasteiger partial charge on any atom is -0.345 e. The number of aromatic nitrogens is 2. The van der Waals surface area contributed by atoms with Gasteiger partial charge in [-0.1, -0.05) is 35.5 Å². The number of hydrogen-bond donors (Lipinski definition) is 1. The van der Waals surface area contributed by atoms with Gasteiger partial charge in [0, 0.05) is 32.1 Å². The fourth-order valence-corrected chi connectivity index (χ4v) is 2.65. The highest BCUT2D eigenvalue weighted by Gasteiger charge is 2.39. The van der Waals surface area contributed by atoms with Crippen molar-refractivity contribution in [2.75, 3.05) is 0 Å². The van der Waals surface area contributed by atoms with Gasteiger partial charge in [0.25, 0.3) is 0 Å². The van der Waals surface area contributed by atoms with E-state index in [4.69, 9.17) is 10.9 Å². The van der Waals surface area contributed by atoms with Crippen molar-refractivity contribution in [1.29, 1.82) is 0 Å². The summed E-state index contributed by atoms with van der Waals surface area (Å²) in [5.74, 6) is 3.47. The number of nitrogens with one attached hydrogen (secondary N) is 1. The quantitative estimate of drug-likeness (QED) is 0.702. The van der Waals surface area contributed by atoms with Crippen LogP contribution in [0, 0.1) is 12.3 Å². The van der Waals surface area contributed by atoms with E-state index in [1.54, 1.807) is 0 Å². The summed E-state index contributed by atoms with van der Waals surface area (Å²) in [6, 6.07) is 9.55. The molecular formula is C19H21N5O2. The van der Waals surface area contributed by atoms with Crippen LogP contribution in [0.15, 0.2) is 45.1 Å². The number of benzene rings is 1. The molecule has 2 aromatic rings. The Morgan fingerprint density at radius 3 is 2.77 bits per heavy atom. The van der Waals surface area contributed by atoms with Gasteiger partial charge in [-0.2, -0.15) is 15.2 Å². The maximum absolute atomic E-state index is 12.1. The molecule has 134 valence electrons. The Kier molecular flexibility index (Phi) is 5.42. The molecule has 26 heavy (non-hydrogen) atoms. The van der Waals surface area contributed by atoms with Crippen molar-refractivity contribution >= 4 is 5.91 Å². The van der Waals surface area contributed by atoms with Crippen LogP contribution in [0.2, 0.25) is 0 Å². The predicted molar refractivity (Wildman–Crippen MR) is 95.0 cm³/mol. The van der Waals surface area contributed by atoms with Crippen LogP contribution in [-0.2, 0) is 11.2 Å². The number of hydrogen-bond acceptors (Lipinski definition) is 6. The Hall–Kier alpha value is -3.01. The van der Waals surface area contributed by atoms with Gasteiger partial charge in [0.05, 0.1) is 0 Å². The summed E-state index contributed by atoms with van der Waals surface area (Å²) in [5, 5.41) is 14.9. The molecule has 7 nitrogen and oxygen atoms in total. The smallest absolute Gasteiger partial charge is 0.248 e. The Morgan fingerprint density at radius 1 is 1.31 bits per heavy atom. The van der Waals surface area contributed by atoms with Crippen molar-refractivity contribution in [3.8, 4) is 12.3 Å². The Labute approximate surface area is 152 Å². The van der Waals surface area contributed by atoms with E-state index in [2.05, 4.69) is 31.6 Å². The molecule has 2 heterocycles. The maximum atomic E-state index is 12.1. The standard InChI is InChI=1S/C19H21N5O2/c1-3-4-11-19(23-24-19)12-10-17(25)20-14(2)18-21-16(22-26-18)13-15-8-6-5-7-9-15/h1,5-9,14H,4,10-13H2,2H3,(H,20,25). The lowest BCUT2D eigenvalue weighted by Crippen LogP contribution is -2.28. The molecule has 0 spiro atoms. The van der Waals surface area contributed by atoms with Crippen LogP contribution in [0.1, 0.15) is 55.9 Å². The molecule has 1 aromatic heterocycles. The van der Waals surface area contributed by atoms with Crippen molar-refractivity contribution in [3.63, 3.8) is 0 Å². The molecule has 1 aromatic carbocycles. The van der Waals surface area contributed by atoms with Gasteiger partial charge < -0.3 is 9.84 Å². The molecule has 1 amide bonds. The van der Waals surface area contributed by atoms with Gasteiger partial charge in [-0.3, -0.25) is 4.79 Å². The van der Waals surface area contributed by atoms with Crippen LogP contribution in [0.25, 0.3) is 0 Å². The highest BCUT2D eigenvalue weighted by atomic mass is 16.5. The van der Waals surface area contributed by atoms with E-state index in [1.807, 2.05) is 37.3 Å². The minimum atomic E-state index is -0.444. The number of amides is 1. The normalized spacial score (nSPS) is 15.2. The average Bonchev–Trinajstić information content (AvgIpc) is 3.27. The average molecular weight is 351 g/mol. The van der Waals surface area contributed by atoms with Crippen molar-refractivity contribution < 1.29 is 9.32 Å². The van der Waals surface area contributed by atoms with E-state index in [0.29, 0.717) is 43.8 Å². The van der Waals surface area contributed by atoms with Gasteiger partial charge >= 0.3 is 0 Å². The van der Waals surface area contributed by atoms with Gasteiger partial charge in [0.2, 0.25) is 11.8 Å². The number of carbonyl (C=O) groups is 1. The zero-order chi connectivity index (χ0) is 18.4. The first kappa shape index (κ1) is 17.8. The van der Waals surface area contributed by atoms with Crippen LogP contribution in [-0.4, -0.2) is 21.7 Å². The molecule has 0 bridgehead atoms. The van der Waals surface area contributed by atoms with E-state index >= 15 is 0 Å². The summed E-state index contributed by atoms with van der Waals surface area (Å²) in [7, 11) is 0. The molecule has 1 atom stereocenters. The number of carbonyl (C=O) groups excluding carboxylic acids is 1. The monoisotopic (exact) mass is 351 g/mol. The van der Waals surface area contributed by atoms with E-state index in [-0.39, 0.29) is 11.9 Å². The third kappa shape index (κ3) is 4.76. The van der Waals surface area contributed by atoms with Crippen LogP contribution in [0.5, 0.6) is 0 Å². The Morgan fingerprint density at radius 2 is 2.08 bits per heavy atom. The zero-order valence-electron chi connectivity index (χ0n) is 14.7. The largest absolute Gasteiger partial charge is 0.345 e. The van der Waals surface area contributed by atoms with Gasteiger partial charge in [0.15, 0.2) is 11.5 Å². The number of rotatable bonds is 9. The molecule has 0 aliphatic carbocycles. The lowest BCUT2D eigenvalue weighted by Gasteiger charge is -2.11. The molecule has 0 fully saturated rings. The fourth-order valence-electron chi connectivity index (χ4n) is 2.65. The van der Waals surface area contributed by atoms with Crippen molar-refractivity contribution in [3.05, 3.63) is 47.6 Å². The molecule has 1 aliphatic heterocycles. The predicted octanol–water partition coefficient (Wildman–Crippen LogP) is 3.19. The molecule has 1 aliphatic rings. The fraction of sp³-hybridized carbons (Fsp3) is 0.421. The first-order chi connectivity index (χ1) is 12.6. The van der Waals surface area contributed by atoms with Gasteiger partial charge in [-0.05, 0) is 12.5 Å². The number of terminal acetylenes is 1. The van der Waals surface area contributed by atoms with E-state index in [1.165, 1.54) is 0 Å². The molecule has 7 heteroatoms. The molecule has 0 saturated carbocycles. The van der Waals surface area contributed by atoms with Gasteiger partial charge in [-0.25, -0.2) is 0 Å². The molecule has 0 saturated heterocycles. The highest BCUT2D eigenvalue weighted by molar-refractivity contribution is 5.76. The second-order valence-electron chi connectivity index (χ2n) is 6.39. The topological polar surface area (TPSA) is 92.7 Å². The summed E-state index contributed by atoms with van der Waals surface area (Å²) in [5.41, 5.74) is 0.658. The first-order valence-corrected chi connectivity index (χ1v) is 8.63. The van der Waals surface area contributed by atoms with Crippen molar-refractivity contribution in [2.45, 2.75) is 50.7 Å². The summed E-state index contributed by atoms with van der Waals surface area (Å²) >= 11 is 0. The Bertz CT molecular complexity index is 816. The van der Waals surface area contributed by atoms with Crippen LogP contribution >= 0.6 is 0 Å². The van der Waals surface area contributed by atoms with Crippen LogP contribution < -0.4 is 5.32 Å². The van der Waals surface area contributed by atoms with Gasteiger partial charge in [-0.15, -0.1) is 12.3 Å². The second kappa shape index (κ2) is 7.91. The third-order valence-electron chi connectivity index (χ3n) is 4.24. The van der Waals surface area contributed by atoms with Crippen LogP contribution in [0.4, 0.5) is 0 Å². The number of nitrogens with zero attached hydrogens (tertiary/aromatic N) is 4. The molecule has 0 radical (unpaired) electrons. The molecular weight excluding hydrogens is 330 g/mol. The first-order valence-electron chi connectivity index (χ1n) is 8.63. The van der Waals surface area contributed by atoms with E-state index in [0.717, 1.165) is 5.56 Å². The Balaban J connectivity index is 1.46. The minimum absolute atomic E-state index is 0.0994. The third-order valence-corrected chi connectivity index (χ3v) is 4.24. The van der Waals surface area contributed by atoms with Crippen LogP contribution in [0.3, 0.4) is 0 Å². The molecule has 1 N–H and O–H groups in total. The maximum Gasteiger partial charge on any atom is 0.248 e. The van der Waals surface area contributed by atoms with Gasteiger partial charge in [0.1, 0.15) is 6.04 Å². The summed E-state index contributed by atoms with van der Waals surface area (Å²) in [6.07, 6.45) is 8.05. The molecule has 3 rings (SSSR count). The lowest BCUT2D eigenvalue weighted by atomic mass is 10.0. The highest BCUT2D eigenvalue weighted by Crippen LogP contribution is 2.37.